The zero-order valence-corrected chi connectivity index (χ0v) is 7.65. The first-order chi connectivity index (χ1) is 4.72. The molecule has 0 spiro atoms. The number of hydrogen-bond acceptors (Lipinski definition) is 3. The number of aryl methyl sites for hydroxylation is 1. The minimum atomic E-state index is 0.235. The number of aromatic nitrogens is 3. The molecule has 0 aromatic carbocycles. The van der Waals surface area contributed by atoms with Crippen molar-refractivity contribution in [2.75, 3.05) is 0 Å². The molecule has 0 N–H and O–H groups in total. The second-order valence-corrected chi connectivity index (χ2v) is 2.69. The van der Waals surface area contributed by atoms with Gasteiger partial charge in [-0.1, -0.05) is 6.92 Å². The van der Waals surface area contributed by atoms with Crippen LogP contribution in [-0.2, 0) is 6.42 Å². The van der Waals surface area contributed by atoms with E-state index in [0.717, 1.165) is 6.42 Å². The Balaban J connectivity index is 3.06. The second kappa shape index (κ2) is 3.25. The summed E-state index contributed by atoms with van der Waals surface area (Å²) in [6.45, 7) is 1.96. The van der Waals surface area contributed by atoms with Gasteiger partial charge in [0, 0.05) is 6.42 Å². The molecule has 0 aliphatic rings. The number of rotatable bonds is 1. The minimum Gasteiger partial charge on any atom is -0.207 e. The first-order valence-corrected chi connectivity index (χ1v) is 3.95. The highest BCUT2D eigenvalue weighted by atomic mass is 79.9. The predicted octanol–water partition coefficient (Wildman–Crippen LogP) is 1.85. The molecule has 0 fully saturated rings. The molecule has 1 aromatic heterocycles. The molecule has 10 heavy (non-hydrogen) atoms. The molecular formula is C5H5BrClN3. The number of halogens is 2. The largest absolute Gasteiger partial charge is 0.226 e. The smallest absolute Gasteiger partial charge is 0.207 e. The van der Waals surface area contributed by atoms with E-state index in [1.807, 2.05) is 6.92 Å². The van der Waals surface area contributed by atoms with Crippen molar-refractivity contribution in [1.82, 2.24) is 15.0 Å². The van der Waals surface area contributed by atoms with Crippen LogP contribution in [0.25, 0.3) is 0 Å². The predicted molar refractivity (Wildman–Crippen MR) is 41.9 cm³/mol. The molecule has 0 amide bonds. The lowest BCUT2D eigenvalue weighted by atomic mass is 10.5. The Bertz CT molecular complexity index is 220. The quantitative estimate of drug-likeness (QED) is 0.728. The zero-order chi connectivity index (χ0) is 7.56. The molecule has 0 unspecified atom stereocenters. The van der Waals surface area contributed by atoms with Crippen LogP contribution in [0.4, 0.5) is 0 Å². The van der Waals surface area contributed by atoms with E-state index in [-0.39, 0.29) is 5.28 Å². The van der Waals surface area contributed by atoms with Crippen molar-refractivity contribution >= 4 is 27.5 Å². The lowest BCUT2D eigenvalue weighted by molar-refractivity contribution is 0.878. The van der Waals surface area contributed by atoms with E-state index in [9.17, 15) is 0 Å². The summed E-state index contributed by atoms with van der Waals surface area (Å²) in [7, 11) is 0. The Morgan fingerprint density at radius 3 is 2.60 bits per heavy atom. The molecule has 0 saturated carbocycles. The maximum absolute atomic E-state index is 5.54. The lowest BCUT2D eigenvalue weighted by Gasteiger charge is -1.94. The van der Waals surface area contributed by atoms with Gasteiger partial charge in [0.1, 0.15) is 5.82 Å². The van der Waals surface area contributed by atoms with E-state index in [1.165, 1.54) is 0 Å². The fourth-order valence-corrected chi connectivity index (χ4v) is 1.17. The van der Waals surface area contributed by atoms with Crippen LogP contribution in [0.1, 0.15) is 12.7 Å². The summed E-state index contributed by atoms with van der Waals surface area (Å²) in [6.07, 6.45) is 0.765. The lowest BCUT2D eigenvalue weighted by Crippen LogP contribution is -1.95. The van der Waals surface area contributed by atoms with E-state index >= 15 is 0 Å². The van der Waals surface area contributed by atoms with Crippen molar-refractivity contribution in [3.8, 4) is 0 Å². The fraction of sp³-hybridized carbons (Fsp3) is 0.400. The van der Waals surface area contributed by atoms with Gasteiger partial charge in [-0.25, -0.2) is 9.97 Å². The first kappa shape index (κ1) is 7.88. The summed E-state index contributed by atoms with van der Waals surface area (Å²) in [6, 6.07) is 0. The van der Waals surface area contributed by atoms with E-state index in [4.69, 9.17) is 11.6 Å². The molecule has 0 atom stereocenters. The van der Waals surface area contributed by atoms with Crippen LogP contribution in [0.5, 0.6) is 0 Å². The van der Waals surface area contributed by atoms with E-state index in [2.05, 4.69) is 30.9 Å². The molecule has 1 heterocycles. The van der Waals surface area contributed by atoms with Crippen molar-refractivity contribution in [3.05, 3.63) is 15.8 Å². The third-order valence-corrected chi connectivity index (χ3v) is 1.47. The normalized spacial score (nSPS) is 9.90. The SMILES string of the molecule is CCc1nc(Cl)nc(Br)n1. The molecule has 0 aliphatic carbocycles. The highest BCUT2D eigenvalue weighted by molar-refractivity contribution is 9.10. The monoisotopic (exact) mass is 221 g/mol. The van der Waals surface area contributed by atoms with Crippen molar-refractivity contribution in [2.24, 2.45) is 0 Å². The molecule has 0 saturated heterocycles. The molecule has 0 aliphatic heterocycles. The average molecular weight is 222 g/mol. The van der Waals surface area contributed by atoms with Crippen LogP contribution in [0.3, 0.4) is 0 Å². The Kier molecular flexibility index (Phi) is 2.56. The maximum Gasteiger partial charge on any atom is 0.226 e. The van der Waals surface area contributed by atoms with Crippen LogP contribution in [0, 0.1) is 0 Å². The molecular weight excluding hydrogens is 217 g/mol. The average Bonchev–Trinajstić information content (AvgIpc) is 1.85. The minimum absolute atomic E-state index is 0.235. The Morgan fingerprint density at radius 1 is 1.40 bits per heavy atom. The topological polar surface area (TPSA) is 38.7 Å². The molecule has 3 nitrogen and oxygen atoms in total. The summed E-state index contributed by atoms with van der Waals surface area (Å²) < 4.78 is 0.490. The molecule has 0 bridgehead atoms. The summed E-state index contributed by atoms with van der Waals surface area (Å²) in [5, 5.41) is 0.235. The summed E-state index contributed by atoms with van der Waals surface area (Å²) in [5.74, 6) is 0.701. The van der Waals surface area contributed by atoms with Gasteiger partial charge < -0.3 is 0 Å². The molecule has 1 aromatic rings. The van der Waals surface area contributed by atoms with Gasteiger partial charge in [0.25, 0.3) is 0 Å². The Morgan fingerprint density at radius 2 is 2.10 bits per heavy atom. The van der Waals surface area contributed by atoms with Gasteiger partial charge in [0.05, 0.1) is 0 Å². The van der Waals surface area contributed by atoms with Gasteiger partial charge in [0.15, 0.2) is 0 Å². The molecule has 1 rings (SSSR count). The summed E-state index contributed by atoms with van der Waals surface area (Å²) >= 11 is 8.64. The Labute approximate surface area is 72.0 Å². The number of nitrogens with zero attached hydrogens (tertiary/aromatic N) is 3. The zero-order valence-electron chi connectivity index (χ0n) is 5.30. The third-order valence-electron chi connectivity index (χ3n) is 0.943. The van der Waals surface area contributed by atoms with E-state index < -0.39 is 0 Å². The van der Waals surface area contributed by atoms with Crippen LogP contribution in [0.15, 0.2) is 4.73 Å². The van der Waals surface area contributed by atoms with Gasteiger partial charge in [0.2, 0.25) is 10.0 Å². The standard InChI is InChI=1S/C5H5BrClN3/c1-2-3-8-4(6)10-5(7)9-3/h2H2,1H3. The van der Waals surface area contributed by atoms with Crippen LogP contribution in [0.2, 0.25) is 5.28 Å². The fourth-order valence-electron chi connectivity index (χ4n) is 0.522. The van der Waals surface area contributed by atoms with Crippen LogP contribution < -0.4 is 0 Å². The van der Waals surface area contributed by atoms with E-state index in [1.54, 1.807) is 0 Å². The van der Waals surface area contributed by atoms with Crippen molar-refractivity contribution in [2.45, 2.75) is 13.3 Å². The summed E-state index contributed by atoms with van der Waals surface area (Å²) in [4.78, 5) is 11.6. The molecule has 5 heteroatoms. The van der Waals surface area contributed by atoms with E-state index in [0.29, 0.717) is 10.6 Å². The molecule has 54 valence electrons. The van der Waals surface area contributed by atoms with Gasteiger partial charge >= 0.3 is 0 Å². The first-order valence-electron chi connectivity index (χ1n) is 2.78. The van der Waals surface area contributed by atoms with Crippen LogP contribution >= 0.6 is 27.5 Å². The van der Waals surface area contributed by atoms with Gasteiger partial charge in [-0.15, -0.1) is 0 Å². The van der Waals surface area contributed by atoms with Crippen molar-refractivity contribution in [1.29, 1.82) is 0 Å². The third kappa shape index (κ3) is 1.88. The van der Waals surface area contributed by atoms with Gasteiger partial charge in [-0.2, -0.15) is 4.98 Å². The number of hydrogen-bond donors (Lipinski definition) is 0. The van der Waals surface area contributed by atoms with Gasteiger partial charge in [-0.05, 0) is 27.5 Å². The molecule has 0 radical (unpaired) electrons. The highest BCUT2D eigenvalue weighted by Gasteiger charge is 1.98. The van der Waals surface area contributed by atoms with Crippen LogP contribution in [-0.4, -0.2) is 15.0 Å². The van der Waals surface area contributed by atoms with Gasteiger partial charge in [-0.3, -0.25) is 0 Å². The maximum atomic E-state index is 5.54. The summed E-state index contributed by atoms with van der Waals surface area (Å²) in [5.41, 5.74) is 0. The second-order valence-electron chi connectivity index (χ2n) is 1.64. The Hall–Kier alpha value is -0.220. The highest BCUT2D eigenvalue weighted by Crippen LogP contribution is 2.06. The van der Waals surface area contributed by atoms with Crippen molar-refractivity contribution < 1.29 is 0 Å². The van der Waals surface area contributed by atoms with Crippen molar-refractivity contribution in [3.63, 3.8) is 0 Å².